The van der Waals surface area contributed by atoms with Gasteiger partial charge in [0.2, 0.25) is 0 Å². The largest absolute Gasteiger partial charge is 0.392 e. The Bertz CT molecular complexity index is 447. The van der Waals surface area contributed by atoms with Crippen LogP contribution in [0.2, 0.25) is 5.02 Å². The Kier molecular flexibility index (Phi) is 2.28. The van der Waals surface area contributed by atoms with Crippen LogP contribution < -0.4 is 0 Å². The molecule has 3 heteroatoms. The second-order valence-corrected chi connectivity index (χ2v) is 4.28. The number of aryl methyl sites for hydroxylation is 1. The summed E-state index contributed by atoms with van der Waals surface area (Å²) in [5.41, 5.74) is 1.94. The summed E-state index contributed by atoms with van der Waals surface area (Å²) in [4.78, 5) is 0. The topological polar surface area (TPSA) is 20.2 Å². The van der Waals surface area contributed by atoms with Crippen LogP contribution in [-0.4, -0.2) is 5.11 Å². The first-order valence-corrected chi connectivity index (χ1v) is 5.26. The Morgan fingerprint density at radius 2 is 2.31 bits per heavy atom. The summed E-state index contributed by atoms with van der Waals surface area (Å²) >= 11 is 7.69. The van der Waals surface area contributed by atoms with Crippen molar-refractivity contribution in [2.45, 2.75) is 13.5 Å². The summed E-state index contributed by atoms with van der Waals surface area (Å²) in [7, 11) is 0. The Balaban J connectivity index is 2.85. The van der Waals surface area contributed by atoms with E-state index < -0.39 is 0 Å². The first-order chi connectivity index (χ1) is 6.24. The number of hydrogen-bond acceptors (Lipinski definition) is 2. The minimum Gasteiger partial charge on any atom is -0.392 e. The second kappa shape index (κ2) is 3.29. The third kappa shape index (κ3) is 1.35. The zero-order chi connectivity index (χ0) is 9.42. The Labute approximate surface area is 85.6 Å². The van der Waals surface area contributed by atoms with Gasteiger partial charge in [-0.2, -0.15) is 0 Å². The van der Waals surface area contributed by atoms with Gasteiger partial charge in [-0.1, -0.05) is 11.6 Å². The maximum atomic E-state index is 9.12. The zero-order valence-corrected chi connectivity index (χ0v) is 8.75. The molecule has 0 fully saturated rings. The summed E-state index contributed by atoms with van der Waals surface area (Å²) in [6.07, 6.45) is 0. The molecule has 0 atom stereocenters. The number of fused-ring (bicyclic) bond motifs is 1. The highest BCUT2D eigenvalue weighted by Gasteiger charge is 2.08. The number of aliphatic hydroxyl groups is 1. The summed E-state index contributed by atoms with van der Waals surface area (Å²) in [5, 5.41) is 13.0. The Hall–Kier alpha value is -0.570. The molecule has 68 valence electrons. The molecule has 0 aliphatic rings. The SMILES string of the molecule is Cc1c(CO)c(Cl)cc2ccsc12. The summed E-state index contributed by atoms with van der Waals surface area (Å²) in [6.45, 7) is 2.01. The highest BCUT2D eigenvalue weighted by molar-refractivity contribution is 7.17. The van der Waals surface area contributed by atoms with Crippen molar-refractivity contribution in [3.63, 3.8) is 0 Å². The first-order valence-electron chi connectivity index (χ1n) is 4.00. The minimum absolute atomic E-state index is 0.0124. The van der Waals surface area contributed by atoms with E-state index >= 15 is 0 Å². The molecule has 0 saturated heterocycles. The average molecular weight is 213 g/mol. The van der Waals surface area contributed by atoms with Crippen LogP contribution in [0.25, 0.3) is 10.1 Å². The quantitative estimate of drug-likeness (QED) is 0.769. The smallest absolute Gasteiger partial charge is 0.0699 e. The van der Waals surface area contributed by atoms with Crippen molar-refractivity contribution in [3.05, 3.63) is 33.7 Å². The van der Waals surface area contributed by atoms with E-state index in [1.165, 1.54) is 4.70 Å². The van der Waals surface area contributed by atoms with Crippen LogP contribution in [0.5, 0.6) is 0 Å². The van der Waals surface area contributed by atoms with Gasteiger partial charge in [0.05, 0.1) is 6.61 Å². The monoisotopic (exact) mass is 212 g/mol. The average Bonchev–Trinajstić information content (AvgIpc) is 2.53. The van der Waals surface area contributed by atoms with Gasteiger partial charge >= 0.3 is 0 Å². The van der Waals surface area contributed by atoms with Crippen LogP contribution in [0.4, 0.5) is 0 Å². The molecule has 0 unspecified atom stereocenters. The molecule has 0 bridgehead atoms. The standard InChI is InChI=1S/C10H9ClOS/c1-6-8(5-12)9(11)4-7-2-3-13-10(6)7/h2-4,12H,5H2,1H3. The highest BCUT2D eigenvalue weighted by atomic mass is 35.5. The molecule has 1 nitrogen and oxygen atoms in total. The molecule has 1 N–H and O–H groups in total. The molecule has 0 saturated carbocycles. The lowest BCUT2D eigenvalue weighted by Gasteiger charge is -2.05. The predicted octanol–water partition coefficient (Wildman–Crippen LogP) is 3.36. The van der Waals surface area contributed by atoms with Crippen LogP contribution in [0, 0.1) is 6.92 Å². The van der Waals surface area contributed by atoms with Gasteiger partial charge in [-0.3, -0.25) is 0 Å². The number of hydrogen-bond donors (Lipinski definition) is 1. The van der Waals surface area contributed by atoms with Crippen LogP contribution in [-0.2, 0) is 6.61 Å². The van der Waals surface area contributed by atoms with E-state index in [2.05, 4.69) is 0 Å². The molecule has 0 spiro atoms. The van der Waals surface area contributed by atoms with E-state index in [0.717, 1.165) is 16.5 Å². The molecular formula is C10H9ClOS. The summed E-state index contributed by atoms with van der Waals surface area (Å²) < 4.78 is 1.22. The molecule has 0 aliphatic carbocycles. The van der Waals surface area contributed by atoms with E-state index in [9.17, 15) is 0 Å². The van der Waals surface area contributed by atoms with E-state index in [4.69, 9.17) is 16.7 Å². The van der Waals surface area contributed by atoms with E-state index in [0.29, 0.717) is 5.02 Å². The molecule has 2 aromatic rings. The number of benzene rings is 1. The fourth-order valence-electron chi connectivity index (χ4n) is 1.47. The van der Waals surface area contributed by atoms with E-state index in [1.807, 2.05) is 24.4 Å². The first kappa shape index (κ1) is 9.00. The van der Waals surface area contributed by atoms with Crippen molar-refractivity contribution in [3.8, 4) is 0 Å². The molecule has 1 heterocycles. The second-order valence-electron chi connectivity index (χ2n) is 2.96. The van der Waals surface area contributed by atoms with Crippen LogP contribution in [0.3, 0.4) is 0 Å². The van der Waals surface area contributed by atoms with Crippen LogP contribution in [0.15, 0.2) is 17.5 Å². The molecule has 0 amide bonds. The zero-order valence-electron chi connectivity index (χ0n) is 7.17. The molecule has 0 radical (unpaired) electrons. The maximum Gasteiger partial charge on any atom is 0.0699 e. The van der Waals surface area contributed by atoms with Gasteiger partial charge in [-0.15, -0.1) is 11.3 Å². The lowest BCUT2D eigenvalue weighted by atomic mass is 10.1. The van der Waals surface area contributed by atoms with Crippen molar-refractivity contribution in [2.75, 3.05) is 0 Å². The van der Waals surface area contributed by atoms with Gasteiger partial charge in [0.15, 0.2) is 0 Å². The third-order valence-electron chi connectivity index (χ3n) is 2.22. The minimum atomic E-state index is 0.0124. The van der Waals surface area contributed by atoms with Gasteiger partial charge in [0, 0.05) is 15.3 Å². The van der Waals surface area contributed by atoms with Crippen molar-refractivity contribution in [1.29, 1.82) is 0 Å². The molecule has 13 heavy (non-hydrogen) atoms. The predicted molar refractivity (Wildman–Crippen MR) is 57.5 cm³/mol. The third-order valence-corrected chi connectivity index (χ3v) is 3.60. The van der Waals surface area contributed by atoms with Gasteiger partial charge in [0.25, 0.3) is 0 Å². The van der Waals surface area contributed by atoms with Crippen LogP contribution >= 0.6 is 22.9 Å². The van der Waals surface area contributed by atoms with Gasteiger partial charge in [-0.25, -0.2) is 0 Å². The summed E-state index contributed by atoms with van der Waals surface area (Å²) in [6, 6.07) is 3.95. The molecule has 1 aromatic heterocycles. The number of aliphatic hydroxyl groups excluding tert-OH is 1. The Morgan fingerprint density at radius 1 is 1.54 bits per heavy atom. The lowest BCUT2D eigenvalue weighted by molar-refractivity contribution is 0.281. The van der Waals surface area contributed by atoms with Crippen molar-refractivity contribution in [1.82, 2.24) is 0 Å². The van der Waals surface area contributed by atoms with E-state index in [1.54, 1.807) is 11.3 Å². The van der Waals surface area contributed by atoms with Gasteiger partial charge < -0.3 is 5.11 Å². The van der Waals surface area contributed by atoms with E-state index in [-0.39, 0.29) is 6.61 Å². The normalized spacial score (nSPS) is 11.0. The maximum absolute atomic E-state index is 9.12. The van der Waals surface area contributed by atoms with Gasteiger partial charge in [-0.05, 0) is 35.4 Å². The van der Waals surface area contributed by atoms with Crippen molar-refractivity contribution in [2.24, 2.45) is 0 Å². The molecule has 0 aliphatic heterocycles. The fourth-order valence-corrected chi connectivity index (χ4v) is 2.70. The molecule has 2 rings (SSSR count). The van der Waals surface area contributed by atoms with Crippen LogP contribution in [0.1, 0.15) is 11.1 Å². The number of rotatable bonds is 1. The molecular weight excluding hydrogens is 204 g/mol. The van der Waals surface area contributed by atoms with Crippen molar-refractivity contribution < 1.29 is 5.11 Å². The number of halogens is 1. The lowest BCUT2D eigenvalue weighted by Crippen LogP contribution is -1.89. The van der Waals surface area contributed by atoms with Crippen molar-refractivity contribution >= 4 is 33.0 Å². The Morgan fingerprint density at radius 3 is 3.00 bits per heavy atom. The summed E-state index contributed by atoms with van der Waals surface area (Å²) in [5.74, 6) is 0. The highest BCUT2D eigenvalue weighted by Crippen LogP contribution is 2.32. The fraction of sp³-hybridized carbons (Fsp3) is 0.200. The molecule has 1 aromatic carbocycles. The van der Waals surface area contributed by atoms with Gasteiger partial charge in [0.1, 0.15) is 0 Å². The number of thiophene rings is 1.